The molecule has 0 spiro atoms. The fourth-order valence-electron chi connectivity index (χ4n) is 4.61. The molecular formula is C27H34F2N4O6S. The third-order valence-corrected chi connectivity index (χ3v) is 8.11. The summed E-state index contributed by atoms with van der Waals surface area (Å²) in [6.07, 6.45) is -2.03. The summed E-state index contributed by atoms with van der Waals surface area (Å²) in [6, 6.07) is 6.75. The number of hydrogen-bond acceptors (Lipinski definition) is 8. The second kappa shape index (κ2) is 12.5. The molecule has 2 aliphatic heterocycles. The summed E-state index contributed by atoms with van der Waals surface area (Å²) in [5.41, 5.74) is 1.15. The second-order valence-corrected chi connectivity index (χ2v) is 11.8. The summed E-state index contributed by atoms with van der Waals surface area (Å²) in [4.78, 5) is 15.3. The molecule has 2 heterocycles. The van der Waals surface area contributed by atoms with E-state index < -0.39 is 34.0 Å². The van der Waals surface area contributed by atoms with Crippen molar-refractivity contribution < 1.29 is 36.6 Å². The Bertz CT molecular complexity index is 1390. The topological polar surface area (TPSA) is 120 Å². The van der Waals surface area contributed by atoms with Gasteiger partial charge in [-0.05, 0) is 29.7 Å². The van der Waals surface area contributed by atoms with Gasteiger partial charge >= 0.3 is 6.09 Å². The van der Waals surface area contributed by atoms with Gasteiger partial charge in [-0.2, -0.15) is 0 Å². The number of nitrogens with zero attached hydrogens (tertiary/aromatic N) is 2. The lowest BCUT2D eigenvalue weighted by Gasteiger charge is -2.33. The van der Waals surface area contributed by atoms with Gasteiger partial charge in [-0.15, -0.1) is 0 Å². The number of rotatable bonds is 9. The fraction of sp³-hybridized carbons (Fsp3) is 0.444. The number of amides is 1. The van der Waals surface area contributed by atoms with Crippen molar-refractivity contribution in [3.8, 4) is 11.5 Å². The van der Waals surface area contributed by atoms with Gasteiger partial charge in [0, 0.05) is 70.4 Å². The molecule has 0 aromatic heterocycles. The minimum Gasteiger partial charge on any atom is -0.460 e. The van der Waals surface area contributed by atoms with Gasteiger partial charge in [0.25, 0.3) is 0 Å². The highest BCUT2D eigenvalue weighted by atomic mass is 32.2. The Morgan fingerprint density at radius 2 is 1.98 bits per heavy atom. The molecule has 1 unspecified atom stereocenters. The number of anilines is 1. The normalized spacial score (nSPS) is 17.7. The molecule has 2 aromatic rings. The molecule has 2 aromatic carbocycles. The van der Waals surface area contributed by atoms with E-state index in [0.717, 1.165) is 18.0 Å². The van der Waals surface area contributed by atoms with E-state index in [-0.39, 0.29) is 34.9 Å². The van der Waals surface area contributed by atoms with Crippen LogP contribution in [0.5, 0.6) is 11.5 Å². The van der Waals surface area contributed by atoms with Crippen molar-refractivity contribution in [2.45, 2.75) is 26.1 Å². The first-order valence-electron chi connectivity index (χ1n) is 13.0. The van der Waals surface area contributed by atoms with Gasteiger partial charge in [0.1, 0.15) is 5.75 Å². The number of aliphatic hydroxyl groups is 1. The number of carbonyl (C=O) groups is 1. The summed E-state index contributed by atoms with van der Waals surface area (Å²) in [6.45, 7) is 4.93. The molecule has 2 aliphatic rings. The Hall–Kier alpha value is -3.26. The molecule has 10 nitrogen and oxygen atoms in total. The van der Waals surface area contributed by atoms with Crippen molar-refractivity contribution in [3.63, 3.8) is 0 Å². The van der Waals surface area contributed by atoms with Crippen molar-refractivity contribution in [3.05, 3.63) is 58.7 Å². The number of piperazine rings is 1. The molecule has 0 radical (unpaired) electrons. The molecular weight excluding hydrogens is 546 g/mol. The molecule has 0 bridgehead atoms. The van der Waals surface area contributed by atoms with Crippen LogP contribution in [0.2, 0.25) is 0 Å². The van der Waals surface area contributed by atoms with Crippen LogP contribution in [0.1, 0.15) is 24.5 Å². The van der Waals surface area contributed by atoms with Crippen LogP contribution >= 0.6 is 0 Å². The van der Waals surface area contributed by atoms with Crippen LogP contribution in [-0.2, 0) is 16.4 Å². The number of nitrogens with one attached hydrogen (secondary N) is 2. The quantitative estimate of drug-likeness (QED) is 0.414. The Morgan fingerprint density at radius 1 is 1.25 bits per heavy atom. The van der Waals surface area contributed by atoms with E-state index in [1.54, 1.807) is 6.92 Å². The van der Waals surface area contributed by atoms with Gasteiger partial charge in [0.15, 0.2) is 17.4 Å². The maximum Gasteiger partial charge on any atom is 0.414 e. The largest absolute Gasteiger partial charge is 0.460 e. The van der Waals surface area contributed by atoms with Crippen LogP contribution in [-0.4, -0.2) is 88.3 Å². The maximum absolute atomic E-state index is 15.5. The number of benzene rings is 2. The number of hydrogen-bond donors (Lipinski definition) is 3. The molecule has 1 atom stereocenters. The first-order valence-corrected chi connectivity index (χ1v) is 14.6. The van der Waals surface area contributed by atoms with E-state index in [9.17, 15) is 18.3 Å². The number of carbonyl (C=O) groups excluding carboxylic acids is 1. The van der Waals surface area contributed by atoms with Crippen molar-refractivity contribution in [1.29, 1.82) is 0 Å². The van der Waals surface area contributed by atoms with Crippen LogP contribution in [0.25, 0.3) is 5.57 Å². The van der Waals surface area contributed by atoms with E-state index in [0.29, 0.717) is 42.8 Å². The number of halogens is 2. The zero-order valence-corrected chi connectivity index (χ0v) is 23.5. The molecule has 218 valence electrons. The Balaban J connectivity index is 1.75. The van der Waals surface area contributed by atoms with Crippen molar-refractivity contribution in [2.24, 2.45) is 0 Å². The second-order valence-electron chi connectivity index (χ2n) is 9.92. The molecule has 40 heavy (non-hydrogen) atoms. The first kappa shape index (κ1) is 29.7. The van der Waals surface area contributed by atoms with Crippen LogP contribution in [0.15, 0.2) is 35.9 Å². The highest BCUT2D eigenvalue weighted by molar-refractivity contribution is 7.92. The van der Waals surface area contributed by atoms with E-state index in [2.05, 4.69) is 14.9 Å². The average molecular weight is 581 g/mol. The van der Waals surface area contributed by atoms with E-state index in [1.165, 1.54) is 44.4 Å². The van der Waals surface area contributed by atoms with Gasteiger partial charge < -0.3 is 24.8 Å². The van der Waals surface area contributed by atoms with Crippen LogP contribution in [0.4, 0.5) is 19.3 Å². The minimum absolute atomic E-state index is 0.115. The zero-order chi connectivity index (χ0) is 29.0. The minimum atomic E-state index is -3.73. The number of aliphatic hydroxyl groups excluding tert-OH is 1. The van der Waals surface area contributed by atoms with E-state index in [4.69, 9.17) is 9.47 Å². The number of fused-ring (bicyclic) bond motifs is 1. The van der Waals surface area contributed by atoms with E-state index in [1.807, 2.05) is 0 Å². The smallest absolute Gasteiger partial charge is 0.414 e. The molecule has 1 fully saturated rings. The van der Waals surface area contributed by atoms with Gasteiger partial charge in [-0.1, -0.05) is 19.1 Å². The third-order valence-electron chi connectivity index (χ3n) is 6.64. The van der Waals surface area contributed by atoms with Crippen molar-refractivity contribution >= 4 is 27.4 Å². The predicted molar refractivity (Wildman–Crippen MR) is 147 cm³/mol. The van der Waals surface area contributed by atoms with Crippen molar-refractivity contribution in [2.75, 3.05) is 57.3 Å². The molecule has 1 amide bonds. The molecule has 0 aliphatic carbocycles. The standard InChI is InChI=1S/C27H34F2N4O6S/c1-4-12-40(36,37)31-22-7-5-6-17(25(22)29)13-19-20(16-33-10-8-30-9-11-33)18-14-21(28)24(39-27(35)32(2)3)15-23(18)38-26(19)34/h5-7,14-15,26,30-31,34H,4,8-13,16H2,1-3H3. The summed E-state index contributed by atoms with van der Waals surface area (Å²) < 4.78 is 68.3. The van der Waals surface area contributed by atoms with E-state index >= 15 is 8.78 Å². The third kappa shape index (κ3) is 6.89. The SMILES string of the molecule is CCCS(=O)(=O)Nc1cccc(CC2=C(CN3CCNCC3)c3cc(F)c(OC(=O)N(C)C)cc3OC2O)c1F. The monoisotopic (exact) mass is 580 g/mol. The number of sulfonamides is 1. The Kier molecular flexibility index (Phi) is 9.29. The lowest BCUT2D eigenvalue weighted by molar-refractivity contribution is 0.00970. The van der Waals surface area contributed by atoms with Crippen LogP contribution < -0.4 is 19.5 Å². The molecule has 13 heteroatoms. The molecule has 4 rings (SSSR count). The highest BCUT2D eigenvalue weighted by Crippen LogP contribution is 2.41. The fourth-order valence-corrected chi connectivity index (χ4v) is 5.74. The highest BCUT2D eigenvalue weighted by Gasteiger charge is 2.31. The first-order chi connectivity index (χ1) is 19.0. The average Bonchev–Trinajstić information content (AvgIpc) is 2.89. The molecule has 1 saturated heterocycles. The maximum atomic E-state index is 15.5. The zero-order valence-electron chi connectivity index (χ0n) is 22.7. The number of ether oxygens (including phenoxy) is 2. The summed E-state index contributed by atoms with van der Waals surface area (Å²) in [7, 11) is -0.809. The van der Waals surface area contributed by atoms with Crippen molar-refractivity contribution in [1.82, 2.24) is 15.1 Å². The lowest BCUT2D eigenvalue weighted by atomic mass is 9.90. The van der Waals surface area contributed by atoms with Gasteiger partial charge in [-0.3, -0.25) is 9.62 Å². The lowest BCUT2D eigenvalue weighted by Crippen LogP contribution is -2.44. The van der Waals surface area contributed by atoms with Crippen LogP contribution in [0, 0.1) is 11.6 Å². The molecule has 3 N–H and O–H groups in total. The summed E-state index contributed by atoms with van der Waals surface area (Å²) in [5, 5.41) is 14.3. The summed E-state index contributed by atoms with van der Waals surface area (Å²) >= 11 is 0. The van der Waals surface area contributed by atoms with Gasteiger partial charge in [0.05, 0.1) is 11.4 Å². The van der Waals surface area contributed by atoms with Gasteiger partial charge in [0.2, 0.25) is 16.3 Å². The van der Waals surface area contributed by atoms with Gasteiger partial charge in [-0.25, -0.2) is 22.0 Å². The van der Waals surface area contributed by atoms with Crippen LogP contribution in [0.3, 0.4) is 0 Å². The molecule has 0 saturated carbocycles. The Labute approximate surface area is 232 Å². The predicted octanol–water partition coefficient (Wildman–Crippen LogP) is 2.79. The Morgan fingerprint density at radius 3 is 2.65 bits per heavy atom. The summed E-state index contributed by atoms with van der Waals surface area (Å²) in [5.74, 6) is -1.97.